The van der Waals surface area contributed by atoms with Crippen molar-refractivity contribution in [2.45, 2.75) is 38.2 Å². The van der Waals surface area contributed by atoms with Crippen LogP contribution in [0.5, 0.6) is 0 Å². The molecule has 0 heterocycles. The molecule has 0 aromatic carbocycles. The van der Waals surface area contributed by atoms with E-state index in [0.717, 1.165) is 0 Å². The van der Waals surface area contributed by atoms with Crippen LogP contribution in [0.2, 0.25) is 0 Å². The highest BCUT2D eigenvalue weighted by Gasteiger charge is 2.59. The molecule has 0 amide bonds. The normalized spacial score (nSPS) is 15.8. The molecule has 0 aromatic heterocycles. The Morgan fingerprint density at radius 1 is 1.05 bits per heavy atom. The predicted octanol–water partition coefficient (Wildman–Crippen LogP) is 2.27. The molecule has 0 aliphatic rings. The van der Waals surface area contributed by atoms with Crippen LogP contribution in [0, 0.1) is 5.92 Å². The smallest absolute Gasteiger partial charge is 0.327 e. The van der Waals surface area contributed by atoms with Crippen LogP contribution in [0.25, 0.3) is 0 Å². The van der Waals surface area contributed by atoms with Gasteiger partial charge in [0.1, 0.15) is 9.84 Å². The molecular formula is C9H15F6NO2S. The highest BCUT2D eigenvalue weighted by atomic mass is 32.2. The number of halogens is 6. The Kier molecular flexibility index (Phi) is 6.12. The van der Waals surface area contributed by atoms with Crippen LogP contribution in [0.15, 0.2) is 0 Å². The average Bonchev–Trinajstić information content (AvgIpc) is 2.12. The summed E-state index contributed by atoms with van der Waals surface area (Å²) in [4.78, 5) is 0. The molecule has 0 radical (unpaired) electrons. The molecule has 0 fully saturated rings. The van der Waals surface area contributed by atoms with Crippen molar-refractivity contribution in [3.8, 4) is 0 Å². The second-order valence-electron chi connectivity index (χ2n) is 4.10. The fourth-order valence-electron chi connectivity index (χ4n) is 1.52. The van der Waals surface area contributed by atoms with Crippen molar-refractivity contribution >= 4 is 9.84 Å². The van der Waals surface area contributed by atoms with Crippen LogP contribution in [-0.4, -0.2) is 38.3 Å². The Bertz CT molecular complexity index is 361. The van der Waals surface area contributed by atoms with E-state index >= 15 is 0 Å². The number of hydrogen-bond acceptors (Lipinski definition) is 3. The summed E-state index contributed by atoms with van der Waals surface area (Å²) in [6, 6.07) is -2.20. The van der Waals surface area contributed by atoms with Crippen LogP contribution in [-0.2, 0) is 9.84 Å². The van der Waals surface area contributed by atoms with Gasteiger partial charge >= 0.3 is 12.4 Å². The van der Waals surface area contributed by atoms with Crippen molar-refractivity contribution in [1.82, 2.24) is 0 Å². The van der Waals surface area contributed by atoms with E-state index in [4.69, 9.17) is 5.73 Å². The van der Waals surface area contributed by atoms with Gasteiger partial charge in [0.15, 0.2) is 5.92 Å². The summed E-state index contributed by atoms with van der Waals surface area (Å²) >= 11 is 0. The van der Waals surface area contributed by atoms with Gasteiger partial charge in [-0.2, -0.15) is 26.3 Å². The highest BCUT2D eigenvalue weighted by molar-refractivity contribution is 7.91. The van der Waals surface area contributed by atoms with Crippen molar-refractivity contribution in [3.05, 3.63) is 0 Å². The molecule has 0 bridgehead atoms. The van der Waals surface area contributed by atoms with E-state index in [1.807, 2.05) is 0 Å². The van der Waals surface area contributed by atoms with E-state index in [-0.39, 0.29) is 12.2 Å². The molecule has 10 heteroatoms. The Balaban J connectivity index is 4.65. The average molecular weight is 315 g/mol. The van der Waals surface area contributed by atoms with Gasteiger partial charge in [-0.15, -0.1) is 0 Å². The largest absolute Gasteiger partial charge is 0.401 e. The molecule has 1 unspecified atom stereocenters. The molecule has 2 N–H and O–H groups in total. The Labute approximate surface area is 107 Å². The highest BCUT2D eigenvalue weighted by Crippen LogP contribution is 2.41. The SMILES string of the molecule is CCS(=O)(=O)CCCC(N)C(C(F)(F)F)C(F)(F)F. The van der Waals surface area contributed by atoms with Crippen molar-refractivity contribution < 1.29 is 34.8 Å². The monoisotopic (exact) mass is 315 g/mol. The second kappa shape index (κ2) is 6.29. The van der Waals surface area contributed by atoms with Crippen LogP contribution < -0.4 is 5.73 Å². The molecule has 0 saturated heterocycles. The number of rotatable bonds is 6. The second-order valence-corrected chi connectivity index (χ2v) is 6.58. The molecule has 3 nitrogen and oxygen atoms in total. The third-order valence-electron chi connectivity index (χ3n) is 2.57. The summed E-state index contributed by atoms with van der Waals surface area (Å²) in [5, 5.41) is 0. The van der Waals surface area contributed by atoms with Gasteiger partial charge in [0.2, 0.25) is 0 Å². The zero-order valence-corrected chi connectivity index (χ0v) is 10.9. The van der Waals surface area contributed by atoms with Crippen LogP contribution in [0.3, 0.4) is 0 Å². The summed E-state index contributed by atoms with van der Waals surface area (Å²) in [5.74, 6) is -4.33. The van der Waals surface area contributed by atoms with E-state index in [1.54, 1.807) is 0 Å². The molecular weight excluding hydrogens is 300 g/mol. The van der Waals surface area contributed by atoms with Gasteiger partial charge in [-0.25, -0.2) is 8.42 Å². The van der Waals surface area contributed by atoms with Gasteiger partial charge in [-0.3, -0.25) is 0 Å². The number of alkyl halides is 6. The standard InChI is InChI=1S/C9H15F6NO2S/c1-2-19(17,18)5-3-4-6(16)7(8(10,11)12)9(13,14)15/h6-7H,2-5,16H2,1H3. The maximum atomic E-state index is 12.3. The number of sulfone groups is 1. The molecule has 0 rings (SSSR count). The lowest BCUT2D eigenvalue weighted by atomic mass is 9.95. The fourth-order valence-corrected chi connectivity index (χ4v) is 2.42. The summed E-state index contributed by atoms with van der Waals surface area (Å²) in [7, 11) is -3.43. The first kappa shape index (κ1) is 18.5. The fraction of sp³-hybridized carbons (Fsp3) is 1.00. The van der Waals surface area contributed by atoms with E-state index < -0.39 is 46.3 Å². The summed E-state index contributed by atoms with van der Waals surface area (Å²) < 4.78 is 95.8. The Morgan fingerprint density at radius 2 is 1.47 bits per heavy atom. The van der Waals surface area contributed by atoms with E-state index in [2.05, 4.69) is 0 Å². The van der Waals surface area contributed by atoms with Crippen LogP contribution in [0.4, 0.5) is 26.3 Å². The molecule has 0 aromatic rings. The van der Waals surface area contributed by atoms with Crippen molar-refractivity contribution in [1.29, 1.82) is 0 Å². The lowest BCUT2D eigenvalue weighted by molar-refractivity contribution is -0.289. The lowest BCUT2D eigenvalue weighted by Gasteiger charge is -2.28. The molecule has 1 atom stereocenters. The maximum absolute atomic E-state index is 12.3. The zero-order chi connectivity index (χ0) is 15.5. The van der Waals surface area contributed by atoms with Gasteiger partial charge in [-0.05, 0) is 12.8 Å². The minimum Gasteiger partial charge on any atom is -0.327 e. The topological polar surface area (TPSA) is 60.2 Å². The van der Waals surface area contributed by atoms with E-state index in [9.17, 15) is 34.8 Å². The summed E-state index contributed by atoms with van der Waals surface area (Å²) in [6.45, 7) is 1.34. The maximum Gasteiger partial charge on any atom is 0.401 e. The summed E-state index contributed by atoms with van der Waals surface area (Å²) in [6.07, 6.45) is -12.0. The predicted molar refractivity (Wildman–Crippen MR) is 57.1 cm³/mol. The molecule has 19 heavy (non-hydrogen) atoms. The Morgan fingerprint density at radius 3 is 1.79 bits per heavy atom. The number of nitrogens with two attached hydrogens (primary N) is 1. The van der Waals surface area contributed by atoms with Gasteiger partial charge in [-0.1, -0.05) is 6.92 Å². The Hall–Kier alpha value is -0.510. The van der Waals surface area contributed by atoms with E-state index in [0.29, 0.717) is 0 Å². The number of hydrogen-bond donors (Lipinski definition) is 1. The first-order valence-corrected chi connectivity index (χ1v) is 7.23. The van der Waals surface area contributed by atoms with Gasteiger partial charge in [0.05, 0.1) is 5.75 Å². The first-order chi connectivity index (χ1) is 8.31. The van der Waals surface area contributed by atoms with E-state index in [1.165, 1.54) is 6.92 Å². The van der Waals surface area contributed by atoms with Gasteiger partial charge < -0.3 is 5.73 Å². The molecule has 0 spiro atoms. The van der Waals surface area contributed by atoms with Crippen molar-refractivity contribution in [2.24, 2.45) is 11.7 Å². The minimum absolute atomic E-state index is 0.218. The zero-order valence-electron chi connectivity index (χ0n) is 10.1. The lowest BCUT2D eigenvalue weighted by Crippen LogP contribution is -2.48. The van der Waals surface area contributed by atoms with Crippen molar-refractivity contribution in [2.75, 3.05) is 11.5 Å². The van der Waals surface area contributed by atoms with Gasteiger partial charge in [0, 0.05) is 11.8 Å². The molecule has 116 valence electrons. The summed E-state index contributed by atoms with van der Waals surface area (Å²) in [5.41, 5.74) is 4.93. The van der Waals surface area contributed by atoms with Crippen molar-refractivity contribution in [3.63, 3.8) is 0 Å². The quantitative estimate of drug-likeness (QED) is 0.765. The minimum atomic E-state index is -5.50. The van der Waals surface area contributed by atoms with Crippen LogP contribution >= 0.6 is 0 Å². The third-order valence-corrected chi connectivity index (χ3v) is 4.36. The molecule has 0 aliphatic heterocycles. The molecule has 0 saturated carbocycles. The van der Waals surface area contributed by atoms with Gasteiger partial charge in [0.25, 0.3) is 0 Å². The third kappa shape index (κ3) is 6.46. The molecule has 0 aliphatic carbocycles. The first-order valence-electron chi connectivity index (χ1n) is 5.40. The van der Waals surface area contributed by atoms with Crippen LogP contribution in [0.1, 0.15) is 19.8 Å².